The Morgan fingerprint density at radius 3 is 0.854 bits per heavy atom. The lowest BCUT2D eigenvalue weighted by atomic mass is 9.55. The predicted molar refractivity (Wildman–Crippen MR) is 173 cm³/mol. The molecule has 0 heterocycles. The highest BCUT2D eigenvalue weighted by Gasteiger charge is 2.53. The molecule has 1 saturated carbocycles. The standard InChI is InChI=1S/C36H72O5/c37-29-34-27-25-23-21-19-17-15-13-11-9-7-5-3-1-2-4-6-8-10-12-14-16-18-20-22-24-26-28-35(30-38,31-39)36(34,32-40)33-41/h34,37-41H,1-33H2. The van der Waals surface area contributed by atoms with Crippen LogP contribution in [0.25, 0.3) is 0 Å². The van der Waals surface area contributed by atoms with Crippen LogP contribution in [0.5, 0.6) is 0 Å². The fourth-order valence-corrected chi connectivity index (χ4v) is 7.49. The van der Waals surface area contributed by atoms with Gasteiger partial charge in [-0.1, -0.05) is 167 Å². The zero-order valence-corrected chi connectivity index (χ0v) is 27.1. The number of aliphatic hydroxyl groups is 5. The maximum Gasteiger partial charge on any atom is 0.0520 e. The monoisotopic (exact) mass is 585 g/mol. The van der Waals surface area contributed by atoms with Crippen LogP contribution in [-0.2, 0) is 0 Å². The van der Waals surface area contributed by atoms with Crippen LogP contribution in [0.3, 0.4) is 0 Å². The second kappa shape index (κ2) is 26.2. The zero-order chi connectivity index (χ0) is 29.9. The Balaban J connectivity index is 2.63. The van der Waals surface area contributed by atoms with E-state index >= 15 is 0 Å². The Bertz CT molecular complexity index is 546. The van der Waals surface area contributed by atoms with E-state index in [1.165, 1.54) is 135 Å². The Morgan fingerprint density at radius 2 is 0.610 bits per heavy atom. The van der Waals surface area contributed by atoms with Crippen LogP contribution in [0.2, 0.25) is 0 Å². The van der Waals surface area contributed by atoms with Gasteiger partial charge in [-0.15, -0.1) is 0 Å². The van der Waals surface area contributed by atoms with Gasteiger partial charge in [-0.3, -0.25) is 0 Å². The van der Waals surface area contributed by atoms with Crippen LogP contribution in [0, 0.1) is 16.7 Å². The van der Waals surface area contributed by atoms with Crippen LogP contribution in [-0.4, -0.2) is 58.6 Å². The molecule has 0 amide bonds. The van der Waals surface area contributed by atoms with Gasteiger partial charge in [0.2, 0.25) is 0 Å². The molecule has 5 N–H and O–H groups in total. The topological polar surface area (TPSA) is 101 Å². The van der Waals surface area contributed by atoms with Crippen LogP contribution < -0.4 is 0 Å². The smallest absolute Gasteiger partial charge is 0.0520 e. The molecule has 1 aliphatic rings. The molecule has 0 bridgehead atoms. The summed E-state index contributed by atoms with van der Waals surface area (Å²) < 4.78 is 0. The van der Waals surface area contributed by atoms with E-state index in [9.17, 15) is 25.5 Å². The molecule has 1 atom stereocenters. The largest absolute Gasteiger partial charge is 0.396 e. The van der Waals surface area contributed by atoms with Gasteiger partial charge in [-0.2, -0.15) is 0 Å². The normalized spacial score (nSPS) is 25.5. The molecule has 1 rings (SSSR count). The molecule has 5 nitrogen and oxygen atoms in total. The van der Waals surface area contributed by atoms with E-state index in [-0.39, 0.29) is 39.0 Å². The molecule has 246 valence electrons. The molecule has 5 heteroatoms. The SMILES string of the molecule is OCC1CCCCCCCCCCCCCCCCCCCCCCCCCCCCC(CO)(CO)C1(CO)CO. The van der Waals surface area contributed by atoms with Gasteiger partial charge in [0.05, 0.1) is 26.4 Å². The lowest BCUT2D eigenvalue weighted by molar-refractivity contribution is -0.159. The minimum atomic E-state index is -1.09. The number of hydrogen-bond acceptors (Lipinski definition) is 5. The van der Waals surface area contributed by atoms with Crippen molar-refractivity contribution >= 4 is 0 Å². The van der Waals surface area contributed by atoms with Gasteiger partial charge >= 0.3 is 0 Å². The van der Waals surface area contributed by atoms with Crippen LogP contribution in [0.1, 0.15) is 180 Å². The van der Waals surface area contributed by atoms with Crippen molar-refractivity contribution in [3.63, 3.8) is 0 Å². The highest BCUT2D eigenvalue weighted by atomic mass is 16.3. The van der Waals surface area contributed by atoms with Gasteiger partial charge in [0.25, 0.3) is 0 Å². The Hall–Kier alpha value is -0.200. The minimum absolute atomic E-state index is 0.150. The molecule has 0 radical (unpaired) electrons. The van der Waals surface area contributed by atoms with Crippen molar-refractivity contribution in [2.45, 2.75) is 180 Å². The molecule has 41 heavy (non-hydrogen) atoms. The van der Waals surface area contributed by atoms with E-state index in [4.69, 9.17) is 0 Å². The number of aliphatic hydroxyl groups excluding tert-OH is 5. The first kappa shape index (κ1) is 38.8. The summed E-state index contributed by atoms with van der Waals surface area (Å²) in [6.07, 6.45) is 34.7. The van der Waals surface area contributed by atoms with Crippen molar-refractivity contribution in [2.75, 3.05) is 33.0 Å². The highest BCUT2D eigenvalue weighted by Crippen LogP contribution is 2.49. The average Bonchev–Trinajstić information content (AvgIpc) is 3.00. The van der Waals surface area contributed by atoms with Gasteiger partial charge in [-0.05, 0) is 18.8 Å². The molecule has 0 saturated heterocycles. The summed E-state index contributed by atoms with van der Waals surface area (Å²) in [4.78, 5) is 0. The number of rotatable bonds is 5. The van der Waals surface area contributed by atoms with Gasteiger partial charge in [0.15, 0.2) is 0 Å². The van der Waals surface area contributed by atoms with Gasteiger partial charge < -0.3 is 25.5 Å². The van der Waals surface area contributed by atoms with Crippen molar-refractivity contribution in [3.05, 3.63) is 0 Å². The van der Waals surface area contributed by atoms with Gasteiger partial charge in [-0.25, -0.2) is 0 Å². The molecule has 0 aromatic carbocycles. The van der Waals surface area contributed by atoms with Crippen LogP contribution in [0.15, 0.2) is 0 Å². The zero-order valence-electron chi connectivity index (χ0n) is 27.1. The summed E-state index contributed by atoms with van der Waals surface area (Å²) in [7, 11) is 0. The third-order valence-corrected chi connectivity index (χ3v) is 10.7. The summed E-state index contributed by atoms with van der Waals surface area (Å²) in [6, 6.07) is 0. The second-order valence-corrected chi connectivity index (χ2v) is 13.7. The van der Waals surface area contributed by atoms with Gasteiger partial charge in [0, 0.05) is 17.4 Å². The molecule has 1 fully saturated rings. The van der Waals surface area contributed by atoms with Crippen LogP contribution >= 0.6 is 0 Å². The Labute approximate surface area is 254 Å². The molecular formula is C36H72O5. The van der Waals surface area contributed by atoms with Crippen molar-refractivity contribution in [2.24, 2.45) is 16.7 Å². The molecule has 1 aliphatic carbocycles. The summed E-state index contributed by atoms with van der Waals surface area (Å²) in [5.41, 5.74) is -2.09. The molecule has 0 aliphatic heterocycles. The summed E-state index contributed by atoms with van der Waals surface area (Å²) in [5, 5.41) is 52.5. The van der Waals surface area contributed by atoms with E-state index in [0.29, 0.717) is 12.8 Å². The third kappa shape index (κ3) is 15.4. The molecule has 0 aromatic rings. The summed E-state index contributed by atoms with van der Waals surface area (Å²) in [5.74, 6) is -0.346. The maximum absolute atomic E-state index is 10.6. The van der Waals surface area contributed by atoms with E-state index < -0.39 is 10.8 Å². The maximum atomic E-state index is 10.6. The molecular weight excluding hydrogens is 512 g/mol. The Morgan fingerprint density at radius 1 is 0.341 bits per heavy atom. The fraction of sp³-hybridized carbons (Fsp3) is 1.00. The molecule has 0 spiro atoms. The first-order valence-electron chi connectivity index (χ1n) is 18.2. The van der Waals surface area contributed by atoms with E-state index in [2.05, 4.69) is 0 Å². The lowest BCUT2D eigenvalue weighted by Crippen LogP contribution is -2.57. The van der Waals surface area contributed by atoms with Crippen molar-refractivity contribution in [3.8, 4) is 0 Å². The van der Waals surface area contributed by atoms with Crippen molar-refractivity contribution in [1.82, 2.24) is 0 Å². The Kier molecular flexibility index (Phi) is 24.8. The van der Waals surface area contributed by atoms with E-state index in [1.807, 2.05) is 0 Å². The average molecular weight is 585 g/mol. The molecule has 1 unspecified atom stereocenters. The quantitative estimate of drug-likeness (QED) is 0.223. The van der Waals surface area contributed by atoms with Crippen molar-refractivity contribution in [1.29, 1.82) is 0 Å². The van der Waals surface area contributed by atoms with E-state index in [1.54, 1.807) is 0 Å². The van der Waals surface area contributed by atoms with Gasteiger partial charge in [0.1, 0.15) is 0 Å². The molecule has 0 aromatic heterocycles. The second-order valence-electron chi connectivity index (χ2n) is 13.7. The van der Waals surface area contributed by atoms with Crippen molar-refractivity contribution < 1.29 is 25.5 Å². The number of hydrogen-bond donors (Lipinski definition) is 5. The third-order valence-electron chi connectivity index (χ3n) is 10.7. The highest BCUT2D eigenvalue weighted by molar-refractivity contribution is 5.01. The predicted octanol–water partition coefficient (Wildman–Crippen LogP) is 8.47. The van der Waals surface area contributed by atoms with E-state index in [0.717, 1.165) is 32.1 Å². The minimum Gasteiger partial charge on any atom is -0.396 e. The first-order valence-corrected chi connectivity index (χ1v) is 18.2. The summed E-state index contributed by atoms with van der Waals surface area (Å²) >= 11 is 0. The first-order chi connectivity index (χ1) is 20.2. The summed E-state index contributed by atoms with van der Waals surface area (Å²) in [6.45, 7) is -1.41. The lowest BCUT2D eigenvalue weighted by Gasteiger charge is -2.51. The fourth-order valence-electron chi connectivity index (χ4n) is 7.49. The van der Waals surface area contributed by atoms with Crippen LogP contribution in [0.4, 0.5) is 0 Å².